The highest BCUT2D eigenvalue weighted by Crippen LogP contribution is 2.29. The predicted octanol–water partition coefficient (Wildman–Crippen LogP) is 3.36. The van der Waals surface area contributed by atoms with Gasteiger partial charge in [-0.05, 0) is 19.0 Å². The summed E-state index contributed by atoms with van der Waals surface area (Å²) in [6, 6.07) is 10.8. The molecule has 96 valence electrons. The minimum Gasteiger partial charge on any atom is -0.311 e. The molecule has 0 aliphatic rings. The van der Waals surface area contributed by atoms with Crippen LogP contribution in [0.25, 0.3) is 0 Å². The van der Waals surface area contributed by atoms with Crippen molar-refractivity contribution < 1.29 is 0 Å². The van der Waals surface area contributed by atoms with Gasteiger partial charge in [0.25, 0.3) is 0 Å². The smallest absolute Gasteiger partial charge is 0.134 e. The second kappa shape index (κ2) is 6.07. The minimum absolute atomic E-state index is 0.312. The van der Waals surface area contributed by atoms with E-state index in [9.17, 15) is 0 Å². The Hall–Kier alpha value is -1.26. The Bertz CT molecular complexity index is 477. The molecule has 0 fully saturated rings. The lowest BCUT2D eigenvalue weighted by Gasteiger charge is -2.09. The molecule has 0 saturated heterocycles. The van der Waals surface area contributed by atoms with Crippen LogP contribution in [0.4, 0.5) is 0 Å². The molecule has 1 aromatic carbocycles. The van der Waals surface area contributed by atoms with Crippen LogP contribution in [0.5, 0.6) is 0 Å². The zero-order valence-electron chi connectivity index (χ0n) is 11.1. The van der Waals surface area contributed by atoms with E-state index in [2.05, 4.69) is 53.6 Å². The van der Waals surface area contributed by atoms with E-state index in [4.69, 9.17) is 0 Å². The van der Waals surface area contributed by atoms with Crippen molar-refractivity contribution in [3.63, 3.8) is 0 Å². The zero-order valence-corrected chi connectivity index (χ0v) is 11.9. The van der Waals surface area contributed by atoms with E-state index in [-0.39, 0.29) is 0 Å². The van der Waals surface area contributed by atoms with Gasteiger partial charge in [0.1, 0.15) is 10.0 Å². The fraction of sp³-hybridized carbons (Fsp3) is 0.429. The number of aromatic nitrogens is 2. The van der Waals surface area contributed by atoms with Crippen LogP contribution in [-0.2, 0) is 0 Å². The molecule has 1 aromatic heterocycles. The molecule has 0 radical (unpaired) electrons. The summed E-state index contributed by atoms with van der Waals surface area (Å²) >= 11 is 1.71. The number of benzene rings is 1. The molecule has 4 heteroatoms. The molecule has 2 aromatic rings. The second-order valence-corrected chi connectivity index (χ2v) is 5.40. The van der Waals surface area contributed by atoms with Gasteiger partial charge in [-0.1, -0.05) is 55.5 Å². The van der Waals surface area contributed by atoms with Gasteiger partial charge in [-0.15, -0.1) is 10.2 Å². The molecule has 0 aliphatic heterocycles. The van der Waals surface area contributed by atoms with Gasteiger partial charge >= 0.3 is 0 Å². The Balaban J connectivity index is 2.20. The third-order valence-corrected chi connectivity index (χ3v) is 4.40. The average molecular weight is 261 g/mol. The molecule has 2 unspecified atom stereocenters. The molecule has 1 heterocycles. The topological polar surface area (TPSA) is 37.8 Å². The van der Waals surface area contributed by atoms with E-state index < -0.39 is 0 Å². The van der Waals surface area contributed by atoms with Crippen LogP contribution in [0, 0.1) is 0 Å². The normalized spacial score (nSPS) is 14.4. The fourth-order valence-corrected chi connectivity index (χ4v) is 3.07. The van der Waals surface area contributed by atoms with Crippen molar-refractivity contribution in [2.24, 2.45) is 0 Å². The molecule has 0 amide bonds. The van der Waals surface area contributed by atoms with Crippen LogP contribution in [-0.4, -0.2) is 17.2 Å². The van der Waals surface area contributed by atoms with Gasteiger partial charge < -0.3 is 5.32 Å². The predicted molar refractivity (Wildman–Crippen MR) is 76.0 cm³/mol. The molecule has 0 aliphatic carbocycles. The molecule has 1 N–H and O–H groups in total. The van der Waals surface area contributed by atoms with E-state index in [0.717, 1.165) is 16.4 Å². The number of rotatable bonds is 5. The van der Waals surface area contributed by atoms with Gasteiger partial charge in [-0.3, -0.25) is 0 Å². The summed E-state index contributed by atoms with van der Waals surface area (Å²) in [5.41, 5.74) is 1.29. The number of nitrogens with zero attached hydrogens (tertiary/aromatic N) is 2. The first-order chi connectivity index (χ1) is 8.76. The van der Waals surface area contributed by atoms with Gasteiger partial charge in [0.05, 0.1) is 6.04 Å². The number of hydrogen-bond acceptors (Lipinski definition) is 4. The second-order valence-electron chi connectivity index (χ2n) is 4.36. The maximum absolute atomic E-state index is 4.34. The Morgan fingerprint density at radius 2 is 1.83 bits per heavy atom. The maximum Gasteiger partial charge on any atom is 0.134 e. The van der Waals surface area contributed by atoms with Gasteiger partial charge in [0.15, 0.2) is 0 Å². The van der Waals surface area contributed by atoms with Crippen molar-refractivity contribution >= 4 is 11.3 Å². The quantitative estimate of drug-likeness (QED) is 0.897. The van der Waals surface area contributed by atoms with E-state index in [1.54, 1.807) is 11.3 Å². The third kappa shape index (κ3) is 2.76. The van der Waals surface area contributed by atoms with Crippen molar-refractivity contribution in [1.82, 2.24) is 15.5 Å². The molecule has 2 atom stereocenters. The maximum atomic E-state index is 4.34. The highest BCUT2D eigenvalue weighted by Gasteiger charge is 2.17. The van der Waals surface area contributed by atoms with Crippen molar-refractivity contribution in [1.29, 1.82) is 0 Å². The first-order valence-corrected chi connectivity index (χ1v) is 7.13. The molecule has 18 heavy (non-hydrogen) atoms. The highest BCUT2D eigenvalue weighted by atomic mass is 32.1. The summed E-state index contributed by atoms with van der Waals surface area (Å²) in [6.45, 7) is 4.34. The molecule has 2 rings (SSSR count). The van der Waals surface area contributed by atoms with Crippen molar-refractivity contribution in [3.05, 3.63) is 45.9 Å². The van der Waals surface area contributed by atoms with Crippen molar-refractivity contribution in [2.45, 2.75) is 32.2 Å². The van der Waals surface area contributed by atoms with Crippen LogP contribution in [0.1, 0.15) is 47.8 Å². The van der Waals surface area contributed by atoms with Crippen LogP contribution in [0.3, 0.4) is 0 Å². The van der Waals surface area contributed by atoms with Gasteiger partial charge in [0, 0.05) is 5.92 Å². The summed E-state index contributed by atoms with van der Waals surface area (Å²) in [6.07, 6.45) is 1.03. The van der Waals surface area contributed by atoms with Gasteiger partial charge in [-0.2, -0.15) is 0 Å². The molecule has 0 saturated carbocycles. The van der Waals surface area contributed by atoms with Crippen molar-refractivity contribution in [3.8, 4) is 0 Å². The van der Waals surface area contributed by atoms with E-state index in [1.165, 1.54) is 5.56 Å². The van der Waals surface area contributed by atoms with Crippen LogP contribution < -0.4 is 5.32 Å². The van der Waals surface area contributed by atoms with Gasteiger partial charge in [0.2, 0.25) is 0 Å². The van der Waals surface area contributed by atoms with E-state index in [1.807, 2.05) is 13.1 Å². The van der Waals surface area contributed by atoms with E-state index >= 15 is 0 Å². The van der Waals surface area contributed by atoms with Crippen LogP contribution in [0.15, 0.2) is 30.3 Å². The Morgan fingerprint density at radius 1 is 1.17 bits per heavy atom. The van der Waals surface area contributed by atoms with E-state index in [0.29, 0.717) is 12.0 Å². The largest absolute Gasteiger partial charge is 0.311 e. The first kappa shape index (κ1) is 13.2. The summed E-state index contributed by atoms with van der Waals surface area (Å²) in [5.74, 6) is 0.312. The highest BCUT2D eigenvalue weighted by molar-refractivity contribution is 7.11. The summed E-state index contributed by atoms with van der Waals surface area (Å²) in [4.78, 5) is 0. The lowest BCUT2D eigenvalue weighted by molar-refractivity contribution is 0.568. The molecular weight excluding hydrogens is 242 g/mol. The average Bonchev–Trinajstić information content (AvgIpc) is 2.90. The minimum atomic E-state index is 0.312. The summed E-state index contributed by atoms with van der Waals surface area (Å²) in [5, 5.41) is 14.1. The summed E-state index contributed by atoms with van der Waals surface area (Å²) in [7, 11) is 1.97. The molecular formula is C14H19N3S. The lowest BCUT2D eigenvalue weighted by Crippen LogP contribution is -2.14. The van der Waals surface area contributed by atoms with Gasteiger partial charge in [-0.25, -0.2) is 0 Å². The fourth-order valence-electron chi connectivity index (χ4n) is 1.95. The Kier molecular flexibility index (Phi) is 4.44. The Labute approximate surface area is 112 Å². The van der Waals surface area contributed by atoms with Crippen LogP contribution >= 0.6 is 11.3 Å². The summed E-state index contributed by atoms with van der Waals surface area (Å²) < 4.78 is 0. The number of nitrogens with one attached hydrogen (secondary N) is 1. The Morgan fingerprint density at radius 3 is 2.44 bits per heavy atom. The van der Waals surface area contributed by atoms with Crippen LogP contribution in [0.2, 0.25) is 0 Å². The lowest BCUT2D eigenvalue weighted by atomic mass is 10.0. The third-order valence-electron chi connectivity index (χ3n) is 3.18. The van der Waals surface area contributed by atoms with Crippen molar-refractivity contribution in [2.75, 3.05) is 7.05 Å². The molecule has 3 nitrogen and oxygen atoms in total. The molecule has 0 bridgehead atoms. The standard InChI is InChI=1S/C14H19N3S/c1-4-12(15-3)14-17-16-13(18-14)10(2)11-8-6-5-7-9-11/h5-10,12,15H,4H2,1-3H3. The zero-order chi connectivity index (χ0) is 13.0. The number of hydrogen-bond donors (Lipinski definition) is 1. The monoisotopic (exact) mass is 261 g/mol. The SMILES string of the molecule is CCC(NC)c1nnc(C(C)c2ccccc2)s1. The first-order valence-electron chi connectivity index (χ1n) is 6.31. The molecule has 0 spiro atoms.